The number of aliphatic hydroxyl groups excluding tert-OH is 1. The van der Waals surface area contributed by atoms with Crippen molar-refractivity contribution >= 4 is 11.3 Å². The van der Waals surface area contributed by atoms with Crippen LogP contribution in [0.4, 0.5) is 0 Å². The Hall–Kier alpha value is -0.600. The molecule has 1 unspecified atom stereocenters. The summed E-state index contributed by atoms with van der Waals surface area (Å²) in [4.78, 5) is 2.64. The van der Waals surface area contributed by atoms with E-state index in [4.69, 9.17) is 0 Å². The molecule has 0 bridgehead atoms. The Balaban J connectivity index is 2.14. The Labute approximate surface area is 102 Å². The average molecular weight is 236 g/mol. The number of aliphatic hydroxyl groups is 1. The second-order valence-corrected chi connectivity index (χ2v) is 6.00. The van der Waals surface area contributed by atoms with Gasteiger partial charge in [0, 0.05) is 9.75 Å². The lowest BCUT2D eigenvalue weighted by molar-refractivity contribution is 0.182. The highest BCUT2D eigenvalue weighted by atomic mass is 32.1. The van der Waals surface area contributed by atoms with Gasteiger partial charge >= 0.3 is 0 Å². The van der Waals surface area contributed by atoms with Crippen molar-refractivity contribution in [3.8, 4) is 0 Å². The Bertz CT molecular complexity index is 355. The maximum Gasteiger partial charge on any atom is 0.0918 e. The summed E-state index contributed by atoms with van der Waals surface area (Å²) in [7, 11) is 0. The van der Waals surface area contributed by atoms with E-state index in [0.29, 0.717) is 6.42 Å². The molecule has 0 spiro atoms. The molecule has 1 nitrogen and oxygen atoms in total. The van der Waals surface area contributed by atoms with Crippen molar-refractivity contribution in [3.63, 3.8) is 0 Å². The predicted molar refractivity (Wildman–Crippen MR) is 70.0 cm³/mol. The van der Waals surface area contributed by atoms with Crippen LogP contribution in [0.2, 0.25) is 0 Å². The van der Waals surface area contributed by atoms with Gasteiger partial charge in [0.05, 0.1) is 6.10 Å². The summed E-state index contributed by atoms with van der Waals surface area (Å²) in [5.41, 5.74) is 2.54. The lowest BCUT2D eigenvalue weighted by Gasteiger charge is -2.07. The molecule has 0 fully saturated rings. The van der Waals surface area contributed by atoms with E-state index in [-0.39, 0.29) is 6.10 Å². The molecule has 1 aliphatic carbocycles. The zero-order valence-corrected chi connectivity index (χ0v) is 10.8. The summed E-state index contributed by atoms with van der Waals surface area (Å²) in [5, 5.41) is 10.1. The molecule has 2 rings (SSSR count). The van der Waals surface area contributed by atoms with Gasteiger partial charge < -0.3 is 5.11 Å². The quantitative estimate of drug-likeness (QED) is 0.621. The van der Waals surface area contributed by atoms with E-state index >= 15 is 0 Å². The first kappa shape index (κ1) is 11.9. The zero-order chi connectivity index (χ0) is 11.5. The fraction of sp³-hybridized carbons (Fsp3) is 0.571. The van der Waals surface area contributed by atoms with Gasteiger partial charge in [-0.25, -0.2) is 0 Å². The molecule has 0 saturated heterocycles. The number of aryl methyl sites for hydroxylation is 2. The Morgan fingerprint density at radius 3 is 2.94 bits per heavy atom. The second kappa shape index (κ2) is 5.15. The molecular formula is C14H20OS. The van der Waals surface area contributed by atoms with Gasteiger partial charge in [-0.05, 0) is 50.7 Å². The van der Waals surface area contributed by atoms with Gasteiger partial charge in [-0.3, -0.25) is 0 Å². The summed E-state index contributed by atoms with van der Waals surface area (Å²) in [6.45, 7) is 5.84. The largest absolute Gasteiger partial charge is 0.387 e. The van der Waals surface area contributed by atoms with Gasteiger partial charge in [0.25, 0.3) is 0 Å². The van der Waals surface area contributed by atoms with Crippen molar-refractivity contribution in [3.05, 3.63) is 33.5 Å². The third kappa shape index (κ3) is 2.74. The van der Waals surface area contributed by atoms with Gasteiger partial charge in [-0.15, -0.1) is 17.9 Å². The molecule has 0 aliphatic heterocycles. The molecule has 1 aliphatic rings. The van der Waals surface area contributed by atoms with Crippen LogP contribution < -0.4 is 0 Å². The van der Waals surface area contributed by atoms with Crippen LogP contribution in [-0.4, -0.2) is 5.11 Å². The lowest BCUT2D eigenvalue weighted by atomic mass is 10.1. The van der Waals surface area contributed by atoms with Crippen molar-refractivity contribution in [1.29, 1.82) is 0 Å². The maximum atomic E-state index is 10.1. The molecular weight excluding hydrogens is 216 g/mol. The molecule has 1 N–H and O–H groups in total. The third-order valence-electron chi connectivity index (χ3n) is 3.14. The minimum absolute atomic E-state index is 0.338. The van der Waals surface area contributed by atoms with E-state index < -0.39 is 0 Å². The standard InChI is InChI=1S/C14H20OS/c1-10(2)8-12(15)14-9-11-6-4-3-5-7-13(11)16-14/h9,12,15H,1,3-8H2,2H3. The molecule has 1 heterocycles. The van der Waals surface area contributed by atoms with Gasteiger partial charge in [-0.1, -0.05) is 12.0 Å². The topological polar surface area (TPSA) is 20.2 Å². The molecule has 88 valence electrons. The van der Waals surface area contributed by atoms with E-state index in [1.54, 1.807) is 0 Å². The van der Waals surface area contributed by atoms with Gasteiger partial charge in [0.2, 0.25) is 0 Å². The highest BCUT2D eigenvalue weighted by molar-refractivity contribution is 7.12. The summed E-state index contributed by atoms with van der Waals surface area (Å²) < 4.78 is 0. The van der Waals surface area contributed by atoms with Crippen molar-refractivity contribution in [2.24, 2.45) is 0 Å². The van der Waals surface area contributed by atoms with Crippen LogP contribution in [0.15, 0.2) is 18.2 Å². The minimum atomic E-state index is -0.338. The summed E-state index contributed by atoms with van der Waals surface area (Å²) in [6, 6.07) is 2.22. The summed E-state index contributed by atoms with van der Waals surface area (Å²) in [6.07, 6.45) is 6.73. The van der Waals surface area contributed by atoms with E-state index in [2.05, 4.69) is 12.6 Å². The van der Waals surface area contributed by atoms with E-state index in [1.807, 2.05) is 18.3 Å². The zero-order valence-electron chi connectivity index (χ0n) is 9.96. The van der Waals surface area contributed by atoms with E-state index in [1.165, 1.54) is 42.5 Å². The van der Waals surface area contributed by atoms with Crippen molar-refractivity contribution in [1.82, 2.24) is 0 Å². The van der Waals surface area contributed by atoms with Crippen molar-refractivity contribution in [2.45, 2.75) is 51.6 Å². The van der Waals surface area contributed by atoms with Crippen LogP contribution >= 0.6 is 11.3 Å². The molecule has 0 aromatic carbocycles. The first-order valence-corrected chi connectivity index (χ1v) is 6.92. The normalized spacial score (nSPS) is 17.6. The Kier molecular flexibility index (Phi) is 3.82. The molecule has 0 amide bonds. The SMILES string of the molecule is C=C(C)CC(O)c1cc2c(s1)CCCCC2. The number of rotatable bonds is 3. The smallest absolute Gasteiger partial charge is 0.0918 e. The first-order valence-electron chi connectivity index (χ1n) is 6.10. The highest BCUT2D eigenvalue weighted by Crippen LogP contribution is 2.34. The molecule has 2 heteroatoms. The Morgan fingerprint density at radius 2 is 2.19 bits per heavy atom. The molecule has 1 aromatic rings. The lowest BCUT2D eigenvalue weighted by Crippen LogP contribution is -1.94. The molecule has 0 radical (unpaired) electrons. The van der Waals surface area contributed by atoms with Crippen molar-refractivity contribution < 1.29 is 5.11 Å². The van der Waals surface area contributed by atoms with E-state index in [0.717, 1.165) is 10.5 Å². The monoisotopic (exact) mass is 236 g/mol. The summed E-state index contributed by atoms with van der Waals surface area (Å²) in [5.74, 6) is 0. The fourth-order valence-electron chi connectivity index (χ4n) is 2.29. The Morgan fingerprint density at radius 1 is 1.44 bits per heavy atom. The minimum Gasteiger partial charge on any atom is -0.387 e. The molecule has 16 heavy (non-hydrogen) atoms. The van der Waals surface area contributed by atoms with Crippen LogP contribution in [0.1, 0.15) is 54.0 Å². The number of hydrogen-bond acceptors (Lipinski definition) is 2. The van der Waals surface area contributed by atoms with E-state index in [9.17, 15) is 5.11 Å². The summed E-state index contributed by atoms with van der Waals surface area (Å²) >= 11 is 1.81. The van der Waals surface area contributed by atoms with Gasteiger partial charge in [-0.2, -0.15) is 0 Å². The maximum absolute atomic E-state index is 10.1. The average Bonchev–Trinajstić information content (AvgIpc) is 2.49. The highest BCUT2D eigenvalue weighted by Gasteiger charge is 2.16. The second-order valence-electron chi connectivity index (χ2n) is 4.83. The van der Waals surface area contributed by atoms with Gasteiger partial charge in [0.15, 0.2) is 0 Å². The van der Waals surface area contributed by atoms with Crippen LogP contribution in [0, 0.1) is 0 Å². The molecule has 1 aromatic heterocycles. The van der Waals surface area contributed by atoms with Crippen molar-refractivity contribution in [2.75, 3.05) is 0 Å². The van der Waals surface area contributed by atoms with Gasteiger partial charge in [0.1, 0.15) is 0 Å². The number of fused-ring (bicyclic) bond motifs is 1. The number of hydrogen-bond donors (Lipinski definition) is 1. The van der Waals surface area contributed by atoms with Crippen LogP contribution in [0.5, 0.6) is 0 Å². The predicted octanol–water partition coefficient (Wildman–Crippen LogP) is 4.02. The molecule has 1 atom stereocenters. The van der Waals surface area contributed by atoms with Crippen LogP contribution in [0.25, 0.3) is 0 Å². The first-order chi connectivity index (χ1) is 7.66. The third-order valence-corrected chi connectivity index (χ3v) is 4.47. The fourth-order valence-corrected chi connectivity index (χ4v) is 3.53. The van der Waals surface area contributed by atoms with Crippen LogP contribution in [-0.2, 0) is 12.8 Å². The molecule has 0 saturated carbocycles. The van der Waals surface area contributed by atoms with Crippen LogP contribution in [0.3, 0.4) is 0 Å². The number of thiophene rings is 1.